The van der Waals surface area contributed by atoms with Gasteiger partial charge in [-0.2, -0.15) is 0 Å². The Hall–Kier alpha value is -3.05. The number of nitrogens with zero attached hydrogens (tertiary/aromatic N) is 4. The van der Waals surface area contributed by atoms with Gasteiger partial charge in [0.05, 0.1) is 10.7 Å². The molecule has 0 bridgehead atoms. The van der Waals surface area contributed by atoms with E-state index in [1.165, 1.54) is 4.90 Å². The minimum Gasteiger partial charge on any atom is -0.473 e. The van der Waals surface area contributed by atoms with Crippen LogP contribution in [-0.4, -0.2) is 42.7 Å². The van der Waals surface area contributed by atoms with Gasteiger partial charge in [-0.1, -0.05) is 28.9 Å². The fourth-order valence-electron chi connectivity index (χ4n) is 3.13. The van der Waals surface area contributed by atoms with E-state index in [9.17, 15) is 4.57 Å². The predicted octanol–water partition coefficient (Wildman–Crippen LogP) is 2.85. The van der Waals surface area contributed by atoms with Crippen LogP contribution in [0, 0.1) is 0 Å². The average molecular weight is 506 g/mol. The van der Waals surface area contributed by atoms with Crippen LogP contribution in [0.3, 0.4) is 0 Å². The Balaban J connectivity index is 1.35. The summed E-state index contributed by atoms with van der Waals surface area (Å²) in [5, 5.41) is 4.62. The molecule has 11 nitrogen and oxygen atoms in total. The lowest BCUT2D eigenvalue weighted by Crippen LogP contribution is -2.41. The van der Waals surface area contributed by atoms with Crippen molar-refractivity contribution in [1.29, 1.82) is 0 Å². The van der Waals surface area contributed by atoms with Crippen molar-refractivity contribution in [2.24, 2.45) is 5.73 Å². The molecule has 1 atom stereocenters. The highest BCUT2D eigenvalue weighted by Crippen LogP contribution is 2.36. The van der Waals surface area contributed by atoms with E-state index in [1.807, 2.05) is 6.07 Å². The summed E-state index contributed by atoms with van der Waals surface area (Å²) in [6.07, 6.45) is 9.61. The topological polar surface area (TPSA) is 157 Å². The molecule has 1 unspecified atom stereocenters. The summed E-state index contributed by atoms with van der Waals surface area (Å²) >= 11 is 6.08. The Morgan fingerprint density at radius 2 is 2.12 bits per heavy atom. The lowest BCUT2D eigenvalue weighted by Gasteiger charge is -2.30. The first-order valence-electron chi connectivity index (χ1n) is 10.0. The molecule has 0 aromatic carbocycles. The highest BCUT2D eigenvalue weighted by molar-refractivity contribution is 7.46. The fourth-order valence-corrected chi connectivity index (χ4v) is 3.59. The van der Waals surface area contributed by atoms with Crippen LogP contribution >= 0.6 is 19.4 Å². The number of hydrogen-bond acceptors (Lipinski definition) is 9. The van der Waals surface area contributed by atoms with Gasteiger partial charge in [-0.05, 0) is 17.7 Å². The number of phosphoric acid groups is 1. The summed E-state index contributed by atoms with van der Waals surface area (Å²) in [7, 11) is -4.62. The lowest BCUT2D eigenvalue weighted by atomic mass is 10.1. The maximum absolute atomic E-state index is 11.0. The van der Waals surface area contributed by atoms with Crippen molar-refractivity contribution in [3.05, 3.63) is 88.8 Å². The highest BCUT2D eigenvalue weighted by Gasteiger charge is 2.25. The Morgan fingerprint density at radius 3 is 2.85 bits per heavy atom. The predicted molar refractivity (Wildman–Crippen MR) is 122 cm³/mol. The number of rotatable bonds is 9. The summed E-state index contributed by atoms with van der Waals surface area (Å²) in [5.74, 6) is 0.899. The molecule has 4 rings (SSSR count). The third-order valence-electron chi connectivity index (χ3n) is 4.86. The Bertz CT molecular complexity index is 1240. The van der Waals surface area contributed by atoms with Crippen LogP contribution in [0.2, 0.25) is 5.02 Å². The van der Waals surface area contributed by atoms with Crippen molar-refractivity contribution >= 4 is 25.0 Å². The highest BCUT2D eigenvalue weighted by atomic mass is 35.5. The first kappa shape index (κ1) is 24.1. The summed E-state index contributed by atoms with van der Waals surface area (Å²) in [5.41, 5.74) is 9.16. The number of hydrogen-bond donors (Lipinski definition) is 3. The van der Waals surface area contributed by atoms with E-state index < -0.39 is 14.0 Å². The molecule has 0 aliphatic carbocycles. The van der Waals surface area contributed by atoms with E-state index in [0.29, 0.717) is 34.4 Å². The number of allylic oxidation sites excluding steroid dienone is 2. The van der Waals surface area contributed by atoms with E-state index in [-0.39, 0.29) is 13.3 Å². The molecule has 13 heteroatoms. The number of halogens is 1. The van der Waals surface area contributed by atoms with Crippen molar-refractivity contribution in [2.75, 3.05) is 6.73 Å². The van der Waals surface area contributed by atoms with E-state index in [4.69, 9.17) is 36.4 Å². The zero-order chi connectivity index (χ0) is 24.1. The van der Waals surface area contributed by atoms with Gasteiger partial charge in [-0.15, -0.1) is 0 Å². The largest absolute Gasteiger partial charge is 0.473 e. The molecule has 0 fully saturated rings. The van der Waals surface area contributed by atoms with Gasteiger partial charge in [0.1, 0.15) is 19.5 Å². The van der Waals surface area contributed by atoms with E-state index >= 15 is 0 Å². The molecule has 4 heterocycles. The second-order valence-electron chi connectivity index (χ2n) is 7.29. The molecule has 3 aromatic heterocycles. The normalized spacial score (nSPS) is 15.9. The van der Waals surface area contributed by atoms with Crippen LogP contribution < -0.4 is 10.5 Å². The van der Waals surface area contributed by atoms with Crippen LogP contribution in [0.1, 0.15) is 22.6 Å². The molecule has 1 aliphatic heterocycles. The van der Waals surface area contributed by atoms with Crippen molar-refractivity contribution in [1.82, 2.24) is 20.0 Å². The Kier molecular flexibility index (Phi) is 7.42. The number of ether oxygens (including phenoxy) is 1. The van der Waals surface area contributed by atoms with E-state index in [2.05, 4.69) is 19.6 Å². The van der Waals surface area contributed by atoms with Crippen LogP contribution in [0.4, 0.5) is 0 Å². The molecule has 178 valence electrons. The zero-order valence-corrected chi connectivity index (χ0v) is 19.3. The van der Waals surface area contributed by atoms with Gasteiger partial charge in [-0.25, -0.2) is 9.55 Å². The van der Waals surface area contributed by atoms with Gasteiger partial charge < -0.3 is 29.7 Å². The number of pyridine rings is 2. The molecule has 4 N–H and O–H groups in total. The number of aromatic nitrogens is 3. The van der Waals surface area contributed by atoms with Gasteiger partial charge in [0.2, 0.25) is 5.88 Å². The fraction of sp³-hybridized carbons (Fsp3) is 0.190. The summed E-state index contributed by atoms with van der Waals surface area (Å²) in [4.78, 5) is 27.5. The van der Waals surface area contributed by atoms with Crippen molar-refractivity contribution < 1.29 is 28.1 Å². The molecule has 0 amide bonds. The molecular formula is C21H21ClN5O6P. The zero-order valence-electron chi connectivity index (χ0n) is 17.7. The molecule has 1 aliphatic rings. The minimum absolute atomic E-state index is 0.278. The van der Waals surface area contributed by atoms with Gasteiger partial charge >= 0.3 is 7.82 Å². The molecule has 0 saturated heterocycles. The van der Waals surface area contributed by atoms with E-state index in [0.717, 1.165) is 11.1 Å². The molecule has 34 heavy (non-hydrogen) atoms. The third kappa shape index (κ3) is 6.29. The second-order valence-corrected chi connectivity index (χ2v) is 8.94. The molecule has 0 spiro atoms. The van der Waals surface area contributed by atoms with Gasteiger partial charge in [0, 0.05) is 54.5 Å². The van der Waals surface area contributed by atoms with Crippen molar-refractivity contribution in [3.8, 4) is 5.88 Å². The molecular weight excluding hydrogens is 485 g/mol. The summed E-state index contributed by atoms with van der Waals surface area (Å²) < 4.78 is 26.6. The average Bonchev–Trinajstić information content (AvgIpc) is 3.26. The minimum atomic E-state index is -4.62. The van der Waals surface area contributed by atoms with Gasteiger partial charge in [0.25, 0.3) is 0 Å². The Labute approximate surface area is 199 Å². The number of nitrogens with two attached hydrogens (primary N) is 1. The van der Waals surface area contributed by atoms with Crippen LogP contribution in [0.5, 0.6) is 5.88 Å². The first-order valence-corrected chi connectivity index (χ1v) is 11.9. The first-order chi connectivity index (χ1) is 16.3. The maximum Gasteiger partial charge on any atom is 0.471 e. The van der Waals surface area contributed by atoms with Crippen LogP contribution in [0.15, 0.2) is 65.7 Å². The standard InChI is InChI=1S/C21H21ClN5O6P/c22-18-11-24-6-5-15(18)12-31-20-4-3-14(10-25-20)8-16-9-19(33-26-16)17-2-1-7-27(21(17)23)13-32-34(28,29)30/h1-7,9-11,21H,8,12-13,23H2,(H2,28,29,30). The number of phosphoric ester groups is 1. The van der Waals surface area contributed by atoms with Crippen LogP contribution in [0.25, 0.3) is 5.57 Å². The monoisotopic (exact) mass is 505 g/mol. The summed E-state index contributed by atoms with van der Waals surface area (Å²) in [6.45, 7) is -0.103. The smallest absolute Gasteiger partial charge is 0.471 e. The quantitative estimate of drug-likeness (QED) is 0.367. The summed E-state index contributed by atoms with van der Waals surface area (Å²) in [6, 6.07) is 7.17. The van der Waals surface area contributed by atoms with Gasteiger partial charge in [0.15, 0.2) is 5.76 Å². The van der Waals surface area contributed by atoms with E-state index in [1.54, 1.807) is 55.1 Å². The third-order valence-corrected chi connectivity index (χ3v) is 5.65. The molecule has 3 aromatic rings. The SMILES string of the molecule is NC1C(c2cc(Cc3ccc(OCc4ccncc4Cl)nc3)no2)=CC=CN1COP(=O)(O)O. The van der Waals surface area contributed by atoms with Crippen LogP contribution in [-0.2, 0) is 22.1 Å². The second kappa shape index (κ2) is 10.5. The Morgan fingerprint density at radius 1 is 1.26 bits per heavy atom. The van der Waals surface area contributed by atoms with Gasteiger partial charge in [-0.3, -0.25) is 9.51 Å². The molecule has 0 radical (unpaired) electrons. The molecule has 0 saturated carbocycles. The van der Waals surface area contributed by atoms with Crippen molar-refractivity contribution in [2.45, 2.75) is 19.2 Å². The maximum atomic E-state index is 11.0. The van der Waals surface area contributed by atoms with Crippen molar-refractivity contribution in [3.63, 3.8) is 0 Å². The lowest BCUT2D eigenvalue weighted by molar-refractivity contribution is 0.110.